The summed E-state index contributed by atoms with van der Waals surface area (Å²) in [6.07, 6.45) is -12.8. The minimum atomic E-state index is -6.42. The maximum Gasteiger partial charge on any atom is 0.454 e. The van der Waals surface area contributed by atoms with E-state index >= 15 is 0 Å². The topological polar surface area (TPSA) is 34.1 Å². The summed E-state index contributed by atoms with van der Waals surface area (Å²) in [5.41, 5.74) is 0. The van der Waals surface area contributed by atoms with Gasteiger partial charge in [0.05, 0.1) is 0 Å². The van der Waals surface area contributed by atoms with Crippen LogP contribution in [0.3, 0.4) is 0 Å². The Morgan fingerprint density at radius 3 is 0.952 bits per heavy atom. The van der Waals surface area contributed by atoms with Gasteiger partial charge < -0.3 is 0 Å². The van der Waals surface area contributed by atoms with Gasteiger partial charge in [0.15, 0.2) is 9.84 Å². The van der Waals surface area contributed by atoms with Crippen LogP contribution in [0.1, 0.15) is 13.8 Å². The fraction of sp³-hybridized carbons (Fsp3) is 1.00. The Hall–Kier alpha value is -0.750. The van der Waals surface area contributed by atoms with Gasteiger partial charge in [-0.25, -0.2) is 8.42 Å². The summed E-state index contributed by atoms with van der Waals surface area (Å²) in [4.78, 5) is 0. The molecule has 0 spiro atoms. The van der Waals surface area contributed by atoms with Gasteiger partial charge in [-0.1, -0.05) is 0 Å². The van der Waals surface area contributed by atoms with Crippen LogP contribution in [0, 0.1) is 0 Å². The molecule has 0 N–H and O–H groups in total. The number of hydrogen-bond donors (Lipinski definition) is 0. The van der Waals surface area contributed by atoms with Crippen molar-refractivity contribution in [1.82, 2.24) is 0 Å². The molecular weight excluding hydrogens is 350 g/mol. The molecule has 0 aromatic rings. The third-order valence-corrected chi connectivity index (χ3v) is 5.33. The second kappa shape index (κ2) is 5.16. The quantitative estimate of drug-likeness (QED) is 0.720. The van der Waals surface area contributed by atoms with E-state index in [0.29, 0.717) is 0 Å². The Balaban J connectivity index is 5.82. The lowest BCUT2D eigenvalue weighted by atomic mass is 10.2. The molecule has 0 saturated heterocycles. The van der Waals surface area contributed by atoms with Crippen LogP contribution < -0.4 is 0 Å². The smallest absolute Gasteiger partial charge is 0.228 e. The van der Waals surface area contributed by atoms with Crippen LogP contribution in [-0.2, 0) is 9.84 Å². The average Bonchev–Trinajstić information content (AvgIpc) is 2.23. The Kier molecular flexibility index (Phi) is 4.98. The van der Waals surface area contributed by atoms with E-state index in [-0.39, 0.29) is 13.8 Å². The Bertz CT molecular complexity index is 436. The molecule has 0 amide bonds. The third-order valence-electron chi connectivity index (χ3n) is 2.76. The fourth-order valence-electron chi connectivity index (χ4n) is 1.18. The lowest BCUT2D eigenvalue weighted by molar-refractivity contribution is -0.284. The monoisotopic (exact) mass is 358 g/mol. The maximum atomic E-state index is 12.8. The van der Waals surface area contributed by atoms with Gasteiger partial charge in [0.1, 0.15) is 10.5 Å². The summed E-state index contributed by atoms with van der Waals surface area (Å²) in [5.74, 6) is -12.0. The Morgan fingerprint density at radius 1 is 0.619 bits per heavy atom. The molecule has 0 radical (unpaired) electrons. The third kappa shape index (κ3) is 3.37. The normalized spacial score (nSPS) is 18.5. The van der Waals surface area contributed by atoms with Gasteiger partial charge in [0.2, 0.25) is 0 Å². The highest BCUT2D eigenvalue weighted by Gasteiger charge is 2.70. The molecule has 21 heavy (non-hydrogen) atoms. The maximum absolute atomic E-state index is 12.8. The fourth-order valence-corrected chi connectivity index (χ4v) is 2.88. The average molecular weight is 358 g/mol. The molecule has 0 aromatic heterocycles. The SMILES string of the molecule is CC(C(F)(F)C(F)(F)F)S(=O)(=O)C(C)C(F)(F)C(F)(F)F. The second-order valence-electron chi connectivity index (χ2n) is 4.11. The molecule has 2 atom stereocenters. The van der Waals surface area contributed by atoms with Gasteiger partial charge in [-0.3, -0.25) is 0 Å². The van der Waals surface area contributed by atoms with Crippen LogP contribution in [0.5, 0.6) is 0 Å². The van der Waals surface area contributed by atoms with Crippen molar-refractivity contribution in [2.45, 2.75) is 48.5 Å². The van der Waals surface area contributed by atoms with Crippen molar-refractivity contribution >= 4 is 9.84 Å². The zero-order chi connectivity index (χ0) is 17.7. The predicted octanol–water partition coefficient (Wildman–Crippen LogP) is 3.57. The van der Waals surface area contributed by atoms with Crippen LogP contribution in [0.25, 0.3) is 0 Å². The molecule has 0 bridgehead atoms. The Labute approximate surface area is 112 Å². The largest absolute Gasteiger partial charge is 0.454 e. The lowest BCUT2D eigenvalue weighted by Crippen LogP contribution is -2.56. The number of hydrogen-bond acceptors (Lipinski definition) is 2. The molecule has 13 heteroatoms. The number of alkyl halides is 10. The first kappa shape index (κ1) is 20.2. The van der Waals surface area contributed by atoms with E-state index in [9.17, 15) is 52.3 Å². The van der Waals surface area contributed by atoms with E-state index < -0.39 is 44.5 Å². The van der Waals surface area contributed by atoms with Crippen molar-refractivity contribution in [3.63, 3.8) is 0 Å². The van der Waals surface area contributed by atoms with E-state index in [2.05, 4.69) is 0 Å². The minimum absolute atomic E-state index is 0.286. The minimum Gasteiger partial charge on any atom is -0.228 e. The van der Waals surface area contributed by atoms with Crippen molar-refractivity contribution in [1.29, 1.82) is 0 Å². The first-order chi connectivity index (χ1) is 8.81. The number of rotatable bonds is 4. The molecule has 0 heterocycles. The molecule has 0 aliphatic carbocycles. The summed E-state index contributed by atoms with van der Waals surface area (Å²) in [5, 5.41) is -7.62. The lowest BCUT2D eigenvalue weighted by Gasteiger charge is -2.31. The molecule has 128 valence electrons. The predicted molar refractivity (Wildman–Crippen MR) is 49.8 cm³/mol. The molecule has 2 nitrogen and oxygen atoms in total. The van der Waals surface area contributed by atoms with E-state index in [1.807, 2.05) is 0 Å². The number of halogens is 10. The molecule has 0 aromatic carbocycles. The van der Waals surface area contributed by atoms with E-state index in [0.717, 1.165) is 0 Å². The van der Waals surface area contributed by atoms with Crippen LogP contribution in [0.2, 0.25) is 0 Å². The van der Waals surface area contributed by atoms with Gasteiger partial charge in [0, 0.05) is 0 Å². The first-order valence-corrected chi connectivity index (χ1v) is 6.54. The highest BCUT2D eigenvalue weighted by atomic mass is 32.2. The van der Waals surface area contributed by atoms with Crippen molar-refractivity contribution < 1.29 is 52.3 Å². The van der Waals surface area contributed by atoms with Gasteiger partial charge in [-0.15, -0.1) is 0 Å². The van der Waals surface area contributed by atoms with Crippen LogP contribution in [0.15, 0.2) is 0 Å². The molecule has 0 rings (SSSR count). The van der Waals surface area contributed by atoms with Gasteiger partial charge in [0.25, 0.3) is 0 Å². The highest BCUT2D eigenvalue weighted by molar-refractivity contribution is 7.92. The molecule has 0 saturated carbocycles. The Morgan fingerprint density at radius 2 is 0.810 bits per heavy atom. The zero-order valence-electron chi connectivity index (χ0n) is 10.2. The van der Waals surface area contributed by atoms with Gasteiger partial charge in [-0.05, 0) is 13.8 Å². The van der Waals surface area contributed by atoms with Gasteiger partial charge >= 0.3 is 24.2 Å². The molecule has 2 unspecified atom stereocenters. The number of sulfone groups is 1. The summed E-state index contributed by atoms with van der Waals surface area (Å²) in [6.45, 7) is -0.572. The van der Waals surface area contributed by atoms with Crippen LogP contribution in [-0.4, -0.2) is 43.1 Å². The summed E-state index contributed by atoms with van der Waals surface area (Å²) in [7, 11) is -6.16. The first-order valence-electron chi connectivity index (χ1n) is 4.93. The molecular formula is C8H8F10O2S. The van der Waals surface area contributed by atoms with Crippen molar-refractivity contribution in [2.24, 2.45) is 0 Å². The molecule has 0 aliphatic rings. The van der Waals surface area contributed by atoms with E-state index in [4.69, 9.17) is 0 Å². The highest BCUT2D eigenvalue weighted by Crippen LogP contribution is 2.46. The summed E-state index contributed by atoms with van der Waals surface area (Å²) >= 11 is 0. The van der Waals surface area contributed by atoms with Crippen molar-refractivity contribution in [2.75, 3.05) is 0 Å². The van der Waals surface area contributed by atoms with Crippen LogP contribution in [0.4, 0.5) is 43.9 Å². The zero-order valence-corrected chi connectivity index (χ0v) is 11.0. The van der Waals surface area contributed by atoms with Gasteiger partial charge in [-0.2, -0.15) is 43.9 Å². The van der Waals surface area contributed by atoms with E-state index in [1.165, 1.54) is 0 Å². The molecule has 0 aliphatic heterocycles. The molecule has 0 fully saturated rings. The second-order valence-corrected chi connectivity index (χ2v) is 6.71. The van der Waals surface area contributed by atoms with Crippen LogP contribution >= 0.6 is 0 Å². The summed E-state index contributed by atoms with van der Waals surface area (Å²) < 4.78 is 146. The van der Waals surface area contributed by atoms with Crippen molar-refractivity contribution in [3.8, 4) is 0 Å². The van der Waals surface area contributed by atoms with Crippen molar-refractivity contribution in [3.05, 3.63) is 0 Å². The standard InChI is InChI=1S/C8H8F10O2S/c1-3(5(9,10)7(13,14)15)21(19,20)4(2)6(11,12)8(16,17)18/h3-4H,1-2H3. The summed E-state index contributed by atoms with van der Waals surface area (Å²) in [6, 6.07) is 0. The van der Waals surface area contributed by atoms with E-state index in [1.54, 1.807) is 0 Å².